The fraction of sp³-hybridized carbons (Fsp3) is 0.533. The second-order valence-corrected chi connectivity index (χ2v) is 6.75. The first-order valence-electron chi connectivity index (χ1n) is 6.33. The molecule has 1 fully saturated rings. The van der Waals surface area contributed by atoms with Crippen molar-refractivity contribution < 1.29 is 9.53 Å². The van der Waals surface area contributed by atoms with Gasteiger partial charge in [-0.1, -0.05) is 41.9 Å². The van der Waals surface area contributed by atoms with E-state index in [4.69, 9.17) is 4.74 Å². The van der Waals surface area contributed by atoms with Crippen molar-refractivity contribution in [2.75, 3.05) is 6.61 Å². The monoisotopic (exact) mass is 310 g/mol. The van der Waals surface area contributed by atoms with Gasteiger partial charge in [0, 0.05) is 4.47 Å². The number of ether oxygens (including phenoxy) is 1. The van der Waals surface area contributed by atoms with Crippen LogP contribution in [0, 0.1) is 5.41 Å². The van der Waals surface area contributed by atoms with Crippen molar-refractivity contribution in [3.63, 3.8) is 0 Å². The summed E-state index contributed by atoms with van der Waals surface area (Å²) in [6, 6.07) is 8.01. The zero-order valence-electron chi connectivity index (χ0n) is 11.1. The Hall–Kier alpha value is -0.830. The van der Waals surface area contributed by atoms with E-state index in [1.807, 2.05) is 31.2 Å². The zero-order valence-corrected chi connectivity index (χ0v) is 12.7. The molecule has 1 aliphatic carbocycles. The Labute approximate surface area is 117 Å². The number of benzene rings is 1. The summed E-state index contributed by atoms with van der Waals surface area (Å²) in [7, 11) is 0. The lowest BCUT2D eigenvalue weighted by atomic mass is 9.52. The van der Waals surface area contributed by atoms with Crippen LogP contribution in [-0.2, 0) is 14.9 Å². The molecule has 0 N–H and O–H groups in total. The quantitative estimate of drug-likeness (QED) is 0.787. The van der Waals surface area contributed by atoms with Gasteiger partial charge in [0.1, 0.15) is 0 Å². The second-order valence-electron chi connectivity index (χ2n) is 5.83. The predicted octanol–water partition coefficient (Wildman–Crippen LogP) is 4.07. The van der Waals surface area contributed by atoms with Crippen molar-refractivity contribution >= 4 is 21.9 Å². The van der Waals surface area contributed by atoms with Gasteiger partial charge in [-0.25, -0.2) is 0 Å². The molecule has 2 rings (SSSR count). The fourth-order valence-electron chi connectivity index (χ4n) is 3.10. The Morgan fingerprint density at radius 2 is 2.06 bits per heavy atom. The molecule has 0 unspecified atom stereocenters. The molecule has 1 saturated carbocycles. The first kappa shape index (κ1) is 13.6. The Morgan fingerprint density at radius 1 is 1.39 bits per heavy atom. The Balaban J connectivity index is 2.35. The molecular formula is C15H19BrO2. The molecule has 0 aliphatic heterocycles. The highest BCUT2D eigenvalue weighted by Gasteiger charge is 2.56. The van der Waals surface area contributed by atoms with Crippen LogP contribution < -0.4 is 0 Å². The average Bonchev–Trinajstić information content (AvgIpc) is 2.25. The van der Waals surface area contributed by atoms with E-state index in [-0.39, 0.29) is 11.4 Å². The van der Waals surface area contributed by atoms with Gasteiger partial charge < -0.3 is 4.74 Å². The number of carbonyl (C=O) groups excluding carboxylic acids is 1. The standard InChI is InChI=1S/C15H19BrO2/c1-4-18-13(17)15(9-14(2,3)10-15)11-6-5-7-12(16)8-11/h5-8H,4,9-10H2,1-3H3. The predicted molar refractivity (Wildman–Crippen MR) is 75.5 cm³/mol. The third kappa shape index (κ3) is 2.33. The molecule has 0 amide bonds. The van der Waals surface area contributed by atoms with E-state index < -0.39 is 5.41 Å². The normalized spacial score (nSPS) is 20.0. The minimum Gasteiger partial charge on any atom is -0.465 e. The van der Waals surface area contributed by atoms with Gasteiger partial charge in [0.05, 0.1) is 12.0 Å². The van der Waals surface area contributed by atoms with Crippen LogP contribution in [0.1, 0.15) is 39.2 Å². The molecular weight excluding hydrogens is 292 g/mol. The van der Waals surface area contributed by atoms with E-state index in [0.717, 1.165) is 22.9 Å². The second kappa shape index (κ2) is 4.69. The van der Waals surface area contributed by atoms with E-state index in [2.05, 4.69) is 29.8 Å². The molecule has 98 valence electrons. The van der Waals surface area contributed by atoms with Crippen LogP contribution in [0.15, 0.2) is 28.7 Å². The fourth-order valence-corrected chi connectivity index (χ4v) is 3.50. The van der Waals surface area contributed by atoms with Crippen LogP contribution in [0.3, 0.4) is 0 Å². The molecule has 2 nitrogen and oxygen atoms in total. The Bertz CT molecular complexity index is 457. The summed E-state index contributed by atoms with van der Waals surface area (Å²) >= 11 is 3.47. The lowest BCUT2D eigenvalue weighted by Gasteiger charge is -2.51. The van der Waals surface area contributed by atoms with Crippen molar-refractivity contribution in [2.24, 2.45) is 5.41 Å². The summed E-state index contributed by atoms with van der Waals surface area (Å²) in [5, 5.41) is 0. The highest BCUT2D eigenvalue weighted by molar-refractivity contribution is 9.10. The lowest BCUT2D eigenvalue weighted by Crippen LogP contribution is -2.52. The summed E-state index contributed by atoms with van der Waals surface area (Å²) in [5.74, 6) is -0.0811. The largest absolute Gasteiger partial charge is 0.465 e. The molecule has 0 bridgehead atoms. The van der Waals surface area contributed by atoms with Gasteiger partial charge in [0.15, 0.2) is 0 Å². The van der Waals surface area contributed by atoms with Gasteiger partial charge in [-0.3, -0.25) is 4.79 Å². The smallest absolute Gasteiger partial charge is 0.316 e. The summed E-state index contributed by atoms with van der Waals surface area (Å²) < 4.78 is 6.29. The van der Waals surface area contributed by atoms with Crippen molar-refractivity contribution in [3.05, 3.63) is 34.3 Å². The highest BCUT2D eigenvalue weighted by Crippen LogP contribution is 2.56. The first-order chi connectivity index (χ1) is 8.39. The Morgan fingerprint density at radius 3 is 2.56 bits per heavy atom. The van der Waals surface area contributed by atoms with Gasteiger partial charge in [-0.15, -0.1) is 0 Å². The van der Waals surface area contributed by atoms with Crippen molar-refractivity contribution in [1.82, 2.24) is 0 Å². The third-order valence-electron chi connectivity index (χ3n) is 3.60. The molecule has 1 aromatic carbocycles. The maximum atomic E-state index is 12.3. The third-order valence-corrected chi connectivity index (χ3v) is 4.10. The molecule has 0 radical (unpaired) electrons. The summed E-state index contributed by atoms with van der Waals surface area (Å²) in [4.78, 5) is 12.3. The summed E-state index contributed by atoms with van der Waals surface area (Å²) in [5.41, 5.74) is 0.841. The van der Waals surface area contributed by atoms with Crippen molar-refractivity contribution in [2.45, 2.75) is 39.0 Å². The van der Waals surface area contributed by atoms with E-state index in [1.54, 1.807) is 0 Å². The molecule has 1 aliphatic rings. The van der Waals surface area contributed by atoms with Crippen molar-refractivity contribution in [1.29, 1.82) is 0 Å². The average molecular weight is 311 g/mol. The molecule has 0 atom stereocenters. The van der Waals surface area contributed by atoms with Gasteiger partial charge in [0.2, 0.25) is 0 Å². The lowest BCUT2D eigenvalue weighted by molar-refractivity contribution is -0.159. The number of hydrogen-bond acceptors (Lipinski definition) is 2. The number of halogens is 1. The van der Waals surface area contributed by atoms with Crippen LogP contribution in [0.5, 0.6) is 0 Å². The molecule has 1 aromatic rings. The van der Waals surface area contributed by atoms with Crippen LogP contribution in [0.2, 0.25) is 0 Å². The van der Waals surface area contributed by atoms with Crippen molar-refractivity contribution in [3.8, 4) is 0 Å². The minimum atomic E-state index is -0.441. The van der Waals surface area contributed by atoms with Gasteiger partial charge in [-0.05, 0) is 42.9 Å². The number of carbonyl (C=O) groups is 1. The van der Waals surface area contributed by atoms with Crippen LogP contribution >= 0.6 is 15.9 Å². The highest BCUT2D eigenvalue weighted by atomic mass is 79.9. The number of esters is 1. The number of rotatable bonds is 3. The van der Waals surface area contributed by atoms with Crippen LogP contribution in [-0.4, -0.2) is 12.6 Å². The summed E-state index contributed by atoms with van der Waals surface area (Å²) in [6.07, 6.45) is 1.71. The van der Waals surface area contributed by atoms with Gasteiger partial charge >= 0.3 is 5.97 Å². The first-order valence-corrected chi connectivity index (χ1v) is 7.12. The van der Waals surface area contributed by atoms with E-state index >= 15 is 0 Å². The van der Waals surface area contributed by atoms with E-state index in [0.29, 0.717) is 6.61 Å². The zero-order chi connectivity index (χ0) is 13.4. The van der Waals surface area contributed by atoms with E-state index in [9.17, 15) is 4.79 Å². The van der Waals surface area contributed by atoms with Crippen LogP contribution in [0.4, 0.5) is 0 Å². The maximum Gasteiger partial charge on any atom is 0.316 e. The van der Waals surface area contributed by atoms with E-state index in [1.165, 1.54) is 0 Å². The number of hydrogen-bond donors (Lipinski definition) is 0. The molecule has 3 heteroatoms. The Kier molecular flexibility index (Phi) is 3.54. The SMILES string of the molecule is CCOC(=O)C1(c2cccc(Br)c2)CC(C)(C)C1. The van der Waals surface area contributed by atoms with Gasteiger partial charge in [-0.2, -0.15) is 0 Å². The molecule has 0 spiro atoms. The molecule has 0 saturated heterocycles. The summed E-state index contributed by atoms with van der Waals surface area (Å²) in [6.45, 7) is 6.69. The minimum absolute atomic E-state index is 0.0811. The van der Waals surface area contributed by atoms with Crippen LogP contribution in [0.25, 0.3) is 0 Å². The molecule has 0 aromatic heterocycles. The molecule has 0 heterocycles. The topological polar surface area (TPSA) is 26.3 Å². The maximum absolute atomic E-state index is 12.3. The molecule has 18 heavy (non-hydrogen) atoms. The van der Waals surface area contributed by atoms with Gasteiger partial charge in [0.25, 0.3) is 0 Å².